The second-order valence-electron chi connectivity index (χ2n) is 4.37. The summed E-state index contributed by atoms with van der Waals surface area (Å²) in [6.45, 7) is 5.84. The summed E-state index contributed by atoms with van der Waals surface area (Å²) in [6.07, 6.45) is 1.28. The molecule has 0 radical (unpaired) electrons. The zero-order chi connectivity index (χ0) is 11.8. The van der Waals surface area contributed by atoms with E-state index in [1.165, 1.54) is 0 Å². The number of hydrogen-bond donors (Lipinski definition) is 1. The first-order chi connectivity index (χ1) is 7.51. The molecule has 1 aliphatic rings. The van der Waals surface area contributed by atoms with Gasteiger partial charge in [-0.25, -0.2) is 0 Å². The van der Waals surface area contributed by atoms with Crippen molar-refractivity contribution in [1.82, 2.24) is 5.32 Å². The molecule has 16 heavy (non-hydrogen) atoms. The fourth-order valence-electron chi connectivity index (χ4n) is 1.83. The van der Waals surface area contributed by atoms with E-state index < -0.39 is 0 Å². The molecule has 5 heteroatoms. The standard InChI is InChI=1S/C11H15Br2NO2/c1-7-11(2,3-4-15-7)14-6-8-5-9(12)10(13)16-8/h5,7,14H,3-4,6H2,1-2H3. The summed E-state index contributed by atoms with van der Waals surface area (Å²) >= 11 is 6.73. The van der Waals surface area contributed by atoms with Crippen molar-refractivity contribution >= 4 is 31.9 Å². The Kier molecular flexibility index (Phi) is 3.79. The van der Waals surface area contributed by atoms with Crippen LogP contribution in [-0.2, 0) is 11.3 Å². The summed E-state index contributed by atoms with van der Waals surface area (Å²) in [5.74, 6) is 0.916. The van der Waals surface area contributed by atoms with Gasteiger partial charge >= 0.3 is 0 Å². The summed E-state index contributed by atoms with van der Waals surface area (Å²) in [4.78, 5) is 0. The average molecular weight is 353 g/mol. The molecule has 1 fully saturated rings. The van der Waals surface area contributed by atoms with E-state index in [1.807, 2.05) is 6.07 Å². The monoisotopic (exact) mass is 351 g/mol. The highest BCUT2D eigenvalue weighted by molar-refractivity contribution is 9.13. The predicted molar refractivity (Wildman–Crippen MR) is 69.4 cm³/mol. The normalized spacial score (nSPS) is 29.9. The number of ether oxygens (including phenoxy) is 1. The molecular formula is C11H15Br2NO2. The van der Waals surface area contributed by atoms with Crippen LogP contribution in [0.5, 0.6) is 0 Å². The second kappa shape index (κ2) is 4.80. The van der Waals surface area contributed by atoms with Crippen LogP contribution >= 0.6 is 31.9 Å². The van der Waals surface area contributed by atoms with Crippen molar-refractivity contribution in [3.05, 3.63) is 21.0 Å². The molecule has 1 saturated heterocycles. The molecule has 0 aliphatic carbocycles. The lowest BCUT2D eigenvalue weighted by molar-refractivity contribution is 0.0874. The lowest BCUT2D eigenvalue weighted by atomic mass is 9.95. The number of furan rings is 1. The Morgan fingerprint density at radius 3 is 2.81 bits per heavy atom. The van der Waals surface area contributed by atoms with Gasteiger partial charge in [-0.3, -0.25) is 0 Å². The quantitative estimate of drug-likeness (QED) is 0.904. The van der Waals surface area contributed by atoms with E-state index >= 15 is 0 Å². The molecule has 1 aromatic heterocycles. The Hall–Kier alpha value is 0.160. The van der Waals surface area contributed by atoms with E-state index in [-0.39, 0.29) is 11.6 Å². The zero-order valence-electron chi connectivity index (χ0n) is 9.35. The minimum absolute atomic E-state index is 0.0474. The Balaban J connectivity index is 1.96. The fourth-order valence-corrected chi connectivity index (χ4v) is 2.49. The van der Waals surface area contributed by atoms with Crippen LogP contribution in [0, 0.1) is 0 Å². The topological polar surface area (TPSA) is 34.4 Å². The maximum absolute atomic E-state index is 5.57. The van der Waals surface area contributed by atoms with Gasteiger partial charge in [0, 0.05) is 12.1 Å². The third-order valence-electron chi connectivity index (χ3n) is 3.25. The van der Waals surface area contributed by atoms with Crippen LogP contribution in [0.15, 0.2) is 19.6 Å². The van der Waals surface area contributed by atoms with E-state index in [0.29, 0.717) is 6.54 Å². The van der Waals surface area contributed by atoms with Crippen LogP contribution in [-0.4, -0.2) is 18.2 Å². The van der Waals surface area contributed by atoms with Gasteiger partial charge in [-0.15, -0.1) is 0 Å². The first kappa shape index (κ1) is 12.6. The van der Waals surface area contributed by atoms with Crippen molar-refractivity contribution in [3.8, 4) is 0 Å². The number of halogens is 2. The van der Waals surface area contributed by atoms with Gasteiger partial charge in [0.05, 0.1) is 17.1 Å². The van der Waals surface area contributed by atoms with Crippen molar-refractivity contribution < 1.29 is 9.15 Å². The number of nitrogens with one attached hydrogen (secondary N) is 1. The summed E-state index contributed by atoms with van der Waals surface area (Å²) in [7, 11) is 0. The third kappa shape index (κ3) is 2.53. The first-order valence-electron chi connectivity index (χ1n) is 5.31. The molecule has 90 valence electrons. The number of hydrogen-bond acceptors (Lipinski definition) is 3. The average Bonchev–Trinajstić information content (AvgIpc) is 2.71. The molecule has 1 aromatic rings. The van der Waals surface area contributed by atoms with Gasteiger partial charge in [-0.1, -0.05) is 0 Å². The van der Waals surface area contributed by atoms with Crippen molar-refractivity contribution in [2.24, 2.45) is 0 Å². The van der Waals surface area contributed by atoms with Gasteiger partial charge in [0.15, 0.2) is 4.67 Å². The Bertz CT molecular complexity index is 361. The molecule has 3 nitrogen and oxygen atoms in total. The van der Waals surface area contributed by atoms with Gasteiger partial charge in [0.1, 0.15) is 5.76 Å². The molecule has 2 heterocycles. The second-order valence-corrected chi connectivity index (χ2v) is 5.94. The maximum Gasteiger partial charge on any atom is 0.183 e. The molecule has 1 aliphatic heterocycles. The van der Waals surface area contributed by atoms with Crippen LogP contribution < -0.4 is 5.32 Å². The summed E-state index contributed by atoms with van der Waals surface area (Å²) in [5.41, 5.74) is 0.0474. The summed E-state index contributed by atoms with van der Waals surface area (Å²) in [5, 5.41) is 3.50. The molecule has 2 atom stereocenters. The number of rotatable bonds is 3. The Labute approximate surface area is 112 Å². The molecule has 0 aromatic carbocycles. The molecular weight excluding hydrogens is 338 g/mol. The largest absolute Gasteiger partial charge is 0.452 e. The van der Waals surface area contributed by atoms with Crippen molar-refractivity contribution in [1.29, 1.82) is 0 Å². The molecule has 0 bridgehead atoms. The van der Waals surface area contributed by atoms with Crippen molar-refractivity contribution in [3.63, 3.8) is 0 Å². The van der Waals surface area contributed by atoms with Crippen LogP contribution in [0.25, 0.3) is 0 Å². The van der Waals surface area contributed by atoms with Crippen LogP contribution in [0.3, 0.4) is 0 Å². The minimum Gasteiger partial charge on any atom is -0.452 e. The molecule has 2 rings (SSSR count). The Morgan fingerprint density at radius 2 is 2.31 bits per heavy atom. The predicted octanol–water partition coefficient (Wildman–Crippen LogP) is 3.46. The van der Waals surface area contributed by atoms with Crippen LogP contribution in [0.2, 0.25) is 0 Å². The van der Waals surface area contributed by atoms with Gasteiger partial charge in [0.25, 0.3) is 0 Å². The lowest BCUT2D eigenvalue weighted by Crippen LogP contribution is -2.47. The van der Waals surface area contributed by atoms with Gasteiger partial charge < -0.3 is 14.5 Å². The van der Waals surface area contributed by atoms with Crippen LogP contribution in [0.1, 0.15) is 26.0 Å². The van der Waals surface area contributed by atoms with Gasteiger partial charge in [-0.05, 0) is 58.2 Å². The lowest BCUT2D eigenvalue weighted by Gasteiger charge is -2.28. The van der Waals surface area contributed by atoms with Gasteiger partial charge in [0.2, 0.25) is 0 Å². The fraction of sp³-hybridized carbons (Fsp3) is 0.636. The summed E-state index contributed by atoms with van der Waals surface area (Å²) in [6, 6.07) is 1.97. The van der Waals surface area contributed by atoms with Gasteiger partial charge in [-0.2, -0.15) is 0 Å². The van der Waals surface area contributed by atoms with E-state index in [4.69, 9.17) is 9.15 Å². The van der Waals surface area contributed by atoms with E-state index in [9.17, 15) is 0 Å². The third-order valence-corrected chi connectivity index (χ3v) is 4.96. The Morgan fingerprint density at radius 1 is 1.56 bits per heavy atom. The van der Waals surface area contributed by atoms with Crippen molar-refractivity contribution in [2.75, 3.05) is 6.61 Å². The SMILES string of the molecule is CC1OCCC1(C)NCc1cc(Br)c(Br)o1. The van der Waals surface area contributed by atoms with E-state index in [0.717, 1.165) is 27.9 Å². The zero-order valence-corrected chi connectivity index (χ0v) is 12.5. The highest BCUT2D eigenvalue weighted by Crippen LogP contribution is 2.29. The van der Waals surface area contributed by atoms with Crippen molar-refractivity contribution in [2.45, 2.75) is 38.5 Å². The highest BCUT2D eigenvalue weighted by atomic mass is 79.9. The first-order valence-corrected chi connectivity index (χ1v) is 6.90. The molecule has 0 spiro atoms. The van der Waals surface area contributed by atoms with E-state index in [1.54, 1.807) is 0 Å². The smallest absolute Gasteiger partial charge is 0.183 e. The van der Waals surface area contributed by atoms with Crippen LogP contribution in [0.4, 0.5) is 0 Å². The summed E-state index contributed by atoms with van der Waals surface area (Å²) < 4.78 is 12.8. The van der Waals surface area contributed by atoms with E-state index in [2.05, 4.69) is 51.0 Å². The molecule has 1 N–H and O–H groups in total. The molecule has 0 amide bonds. The minimum atomic E-state index is 0.0474. The highest BCUT2D eigenvalue weighted by Gasteiger charge is 2.36. The maximum atomic E-state index is 5.57. The molecule has 2 unspecified atom stereocenters. The molecule has 0 saturated carbocycles.